The molecule has 0 radical (unpaired) electrons. The number of alkyl halides is 1. The van der Waals surface area contributed by atoms with E-state index in [4.69, 9.17) is 20.4 Å². The summed E-state index contributed by atoms with van der Waals surface area (Å²) in [6, 6.07) is 4.99. The number of aryl methyl sites for hydroxylation is 1. The molecule has 0 unspecified atom stereocenters. The topological polar surface area (TPSA) is 118 Å². The fourth-order valence-electron chi connectivity index (χ4n) is 7.68. The number of thiophene rings is 1. The summed E-state index contributed by atoms with van der Waals surface area (Å²) >= 11 is 1.53. The highest BCUT2D eigenvalue weighted by molar-refractivity contribution is 7.16. The van der Waals surface area contributed by atoms with E-state index in [1.807, 2.05) is 0 Å². The summed E-state index contributed by atoms with van der Waals surface area (Å²) < 4.78 is 20.7. The predicted molar refractivity (Wildman–Crippen MR) is 152 cm³/mol. The van der Waals surface area contributed by atoms with E-state index in [2.05, 4.69) is 39.0 Å². The largest absolute Gasteiger partial charge is 0.461 e. The molecular weight excluding hydrogens is 527 g/mol. The third-order valence-electron chi connectivity index (χ3n) is 9.56. The molecule has 2 N–H and O–H groups in total. The fraction of sp³-hybridized carbons (Fsp3) is 0.586. The van der Waals surface area contributed by atoms with E-state index in [0.29, 0.717) is 60.4 Å². The lowest BCUT2D eigenvalue weighted by Crippen LogP contribution is -2.59. The maximum atomic E-state index is 14.4. The first-order valence-electron chi connectivity index (χ1n) is 14.3. The monoisotopic (exact) mass is 560 g/mol. The molecule has 1 aliphatic carbocycles. The zero-order valence-electron chi connectivity index (χ0n) is 22.5. The minimum atomic E-state index is -0.834. The van der Waals surface area contributed by atoms with Crippen molar-refractivity contribution in [3.63, 3.8) is 0 Å². The minimum absolute atomic E-state index is 0.150. The van der Waals surface area contributed by atoms with Crippen LogP contribution < -0.4 is 20.3 Å². The molecule has 1 spiro atoms. The van der Waals surface area contributed by atoms with Gasteiger partial charge in [0.25, 0.3) is 0 Å². The number of rotatable bonds is 5. The number of nitrogens with zero attached hydrogens (tertiary/aromatic N) is 7. The third-order valence-corrected chi connectivity index (χ3v) is 10.6. The van der Waals surface area contributed by atoms with E-state index in [-0.39, 0.29) is 17.0 Å². The molecule has 9 nitrogen and oxygen atoms in total. The lowest BCUT2D eigenvalue weighted by molar-refractivity contribution is 0.107. The number of fused-ring (bicyclic) bond motifs is 3. The fourth-order valence-corrected chi connectivity index (χ4v) is 8.82. The van der Waals surface area contributed by atoms with Crippen molar-refractivity contribution in [2.75, 3.05) is 61.4 Å². The number of aromatic nitrogens is 2. The summed E-state index contributed by atoms with van der Waals surface area (Å²) in [5, 5.41) is 20.8. The van der Waals surface area contributed by atoms with E-state index in [1.54, 1.807) is 0 Å². The van der Waals surface area contributed by atoms with Crippen LogP contribution >= 0.6 is 11.3 Å². The summed E-state index contributed by atoms with van der Waals surface area (Å²) in [6.07, 6.45) is 9.56. The van der Waals surface area contributed by atoms with Crippen LogP contribution in [0.4, 0.5) is 21.0 Å². The van der Waals surface area contributed by atoms with Crippen molar-refractivity contribution in [1.82, 2.24) is 14.9 Å². The number of ether oxygens (including phenoxy) is 1. The molecule has 0 aromatic carbocycles. The summed E-state index contributed by atoms with van der Waals surface area (Å²) in [7, 11) is 0. The van der Waals surface area contributed by atoms with Crippen LogP contribution in [0.3, 0.4) is 0 Å². The van der Waals surface area contributed by atoms with Gasteiger partial charge in [-0.05, 0) is 50.6 Å². The zero-order chi connectivity index (χ0) is 27.5. The van der Waals surface area contributed by atoms with Gasteiger partial charge in [0.15, 0.2) is 11.6 Å². The summed E-state index contributed by atoms with van der Waals surface area (Å²) in [4.78, 5) is 17.3. The second kappa shape index (κ2) is 9.60. The van der Waals surface area contributed by atoms with E-state index >= 15 is 0 Å². The van der Waals surface area contributed by atoms with Crippen LogP contribution in [0, 0.1) is 22.7 Å². The summed E-state index contributed by atoms with van der Waals surface area (Å²) in [5.41, 5.74) is 7.89. The first kappa shape index (κ1) is 25.6. The molecule has 3 saturated heterocycles. The third kappa shape index (κ3) is 3.93. The van der Waals surface area contributed by atoms with Crippen LogP contribution in [0.25, 0.3) is 0 Å². The van der Waals surface area contributed by atoms with Gasteiger partial charge in [0.05, 0.1) is 11.1 Å². The zero-order valence-corrected chi connectivity index (χ0v) is 23.4. The SMILES string of the molecule is N#Cc1c(N2CCC=CCC2)nc(OC[C@@]23CCCN2C[C@H](F)C3)nc1N1CC2(CCc3sc(N)c(C#N)c32)C1. The molecule has 2 aromatic heterocycles. The Balaban J connectivity index is 1.22. The van der Waals surface area contributed by atoms with Crippen LogP contribution in [0.1, 0.15) is 60.1 Å². The van der Waals surface area contributed by atoms with Crippen molar-refractivity contribution in [3.05, 3.63) is 33.7 Å². The first-order chi connectivity index (χ1) is 19.4. The normalized spacial score (nSPS) is 26.7. The molecule has 3 fully saturated rings. The Kier molecular flexibility index (Phi) is 6.13. The molecule has 0 amide bonds. The lowest BCUT2D eigenvalue weighted by Gasteiger charge is -2.49. The minimum Gasteiger partial charge on any atom is -0.461 e. The number of nitriles is 2. The highest BCUT2D eigenvalue weighted by Gasteiger charge is 2.53. The second-order valence-corrected chi connectivity index (χ2v) is 13.1. The average molecular weight is 561 g/mol. The van der Waals surface area contributed by atoms with Crippen molar-refractivity contribution in [2.24, 2.45) is 0 Å². The van der Waals surface area contributed by atoms with Crippen LogP contribution in [-0.2, 0) is 11.8 Å². The number of anilines is 3. The van der Waals surface area contributed by atoms with Crippen molar-refractivity contribution in [3.8, 4) is 18.1 Å². The molecule has 40 heavy (non-hydrogen) atoms. The molecule has 5 aliphatic rings. The van der Waals surface area contributed by atoms with E-state index in [0.717, 1.165) is 63.7 Å². The lowest BCUT2D eigenvalue weighted by atomic mass is 9.74. The smallest absolute Gasteiger partial charge is 0.320 e. The highest BCUT2D eigenvalue weighted by atomic mass is 32.1. The molecular formula is C29H33FN8OS. The Hall–Kier alpha value is -3.41. The van der Waals surface area contributed by atoms with Gasteiger partial charge in [0.2, 0.25) is 0 Å². The van der Waals surface area contributed by atoms with Gasteiger partial charge in [0.1, 0.15) is 35.5 Å². The summed E-state index contributed by atoms with van der Waals surface area (Å²) in [5.74, 6) is 1.18. The number of nitrogen functional groups attached to an aromatic ring is 1. The average Bonchev–Trinajstić information content (AvgIpc) is 3.58. The van der Waals surface area contributed by atoms with Gasteiger partial charge in [-0.15, -0.1) is 11.3 Å². The molecule has 2 aromatic rings. The predicted octanol–water partition coefficient (Wildman–Crippen LogP) is 3.68. The number of nitrogens with two attached hydrogens (primary N) is 1. The molecule has 2 atom stereocenters. The molecule has 4 aliphatic heterocycles. The van der Waals surface area contributed by atoms with Gasteiger partial charge < -0.3 is 20.3 Å². The Bertz CT molecular complexity index is 1440. The number of halogens is 1. The van der Waals surface area contributed by atoms with Crippen LogP contribution in [-0.4, -0.2) is 72.5 Å². The van der Waals surface area contributed by atoms with Gasteiger partial charge in [-0.3, -0.25) is 4.90 Å². The second-order valence-electron chi connectivity index (χ2n) is 11.9. The van der Waals surface area contributed by atoms with Gasteiger partial charge >= 0.3 is 6.01 Å². The van der Waals surface area contributed by atoms with Gasteiger partial charge in [-0.25, -0.2) is 4.39 Å². The van der Waals surface area contributed by atoms with E-state index in [9.17, 15) is 14.9 Å². The molecule has 0 bridgehead atoms. The molecule has 7 rings (SSSR count). The van der Waals surface area contributed by atoms with Crippen LogP contribution in [0.2, 0.25) is 0 Å². The van der Waals surface area contributed by atoms with E-state index < -0.39 is 6.17 Å². The van der Waals surface area contributed by atoms with Crippen molar-refractivity contribution >= 4 is 28.0 Å². The maximum Gasteiger partial charge on any atom is 0.320 e. The van der Waals surface area contributed by atoms with Gasteiger partial charge in [0, 0.05) is 49.4 Å². The Morgan fingerprint density at radius 1 is 1.05 bits per heavy atom. The van der Waals surface area contributed by atoms with Crippen molar-refractivity contribution < 1.29 is 9.13 Å². The standard InChI is InChI=1S/C29H33FN8OS/c30-19-12-29(7-5-11-38(29)15-19)18-39-27-34-25(36-9-3-1-2-4-10-36)21(14-32)26(35-27)37-16-28(17-37)8-6-22-23(28)20(13-31)24(33)40-22/h1-2,19H,3-12,15-18,33H2/t19-,29+/m1/s1. The Morgan fingerprint density at radius 2 is 1.77 bits per heavy atom. The highest BCUT2D eigenvalue weighted by Crippen LogP contribution is 2.53. The quantitative estimate of drug-likeness (QED) is 0.546. The number of hydrogen-bond acceptors (Lipinski definition) is 10. The maximum absolute atomic E-state index is 14.4. The van der Waals surface area contributed by atoms with Gasteiger partial charge in [-0.2, -0.15) is 20.5 Å². The van der Waals surface area contributed by atoms with Crippen LogP contribution in [0.15, 0.2) is 12.2 Å². The Labute approximate surface area is 237 Å². The van der Waals surface area contributed by atoms with Crippen molar-refractivity contribution in [1.29, 1.82) is 10.5 Å². The Morgan fingerprint density at radius 3 is 2.50 bits per heavy atom. The van der Waals surface area contributed by atoms with Crippen LogP contribution in [0.5, 0.6) is 6.01 Å². The first-order valence-corrected chi connectivity index (χ1v) is 15.1. The van der Waals surface area contributed by atoms with E-state index in [1.165, 1.54) is 16.2 Å². The molecule has 208 valence electrons. The summed E-state index contributed by atoms with van der Waals surface area (Å²) in [6.45, 7) is 4.54. The van der Waals surface area contributed by atoms with Gasteiger partial charge in [-0.1, -0.05) is 12.2 Å². The molecule has 6 heterocycles. The molecule has 0 saturated carbocycles. The number of hydrogen-bond donors (Lipinski definition) is 1. The molecule has 11 heteroatoms. The van der Waals surface area contributed by atoms with Crippen molar-refractivity contribution in [2.45, 2.75) is 62.1 Å².